The molecule has 149 valence electrons. The Kier molecular flexibility index (Phi) is 7.10. The minimum atomic E-state index is -1.24. The third-order valence-corrected chi connectivity index (χ3v) is 4.16. The number of aliphatic carboxylic acids is 1. The van der Waals surface area contributed by atoms with Crippen LogP contribution in [0.4, 0.5) is 5.69 Å². The standard InChI is InChI=1S/C18H22N5O5/c19-8-16(25)22-13(5-6-15(20)24)17(26)23-14(18(27)28)7-10-9-21-12-4-2-1-3-11(10)12/h1-4,9,13-14H,5-8,19H2,(H2,20,24)(H,22,25)(H,23,26)(H,27,28)/t13-,14-/m0/s1. The first kappa shape index (κ1) is 20.9. The van der Waals surface area contributed by atoms with E-state index in [1.165, 1.54) is 0 Å². The summed E-state index contributed by atoms with van der Waals surface area (Å²) < 4.78 is 0. The lowest BCUT2D eigenvalue weighted by atomic mass is 9.99. The third kappa shape index (κ3) is 5.55. The van der Waals surface area contributed by atoms with Crippen molar-refractivity contribution in [2.24, 2.45) is 11.5 Å². The molecule has 0 spiro atoms. The highest BCUT2D eigenvalue weighted by Gasteiger charge is 2.29. The SMILES string of the molecule is NCC(=O)N[C@@H](CCC(N)=O)C(=O)N[C@@H](CC1=C[N]c2ccccc21)C(=O)O. The van der Waals surface area contributed by atoms with E-state index in [-0.39, 0.29) is 25.8 Å². The molecule has 0 fully saturated rings. The van der Waals surface area contributed by atoms with Crippen molar-refractivity contribution < 1.29 is 24.3 Å². The number of rotatable bonds is 10. The van der Waals surface area contributed by atoms with Crippen LogP contribution >= 0.6 is 0 Å². The fourth-order valence-corrected chi connectivity index (χ4v) is 2.74. The molecule has 1 heterocycles. The quantitative estimate of drug-likeness (QED) is 0.341. The van der Waals surface area contributed by atoms with Gasteiger partial charge in [-0.2, -0.15) is 0 Å². The number of hydrogen-bond donors (Lipinski definition) is 5. The summed E-state index contributed by atoms with van der Waals surface area (Å²) in [6.45, 7) is -0.353. The first-order valence-corrected chi connectivity index (χ1v) is 8.62. The van der Waals surface area contributed by atoms with Crippen LogP contribution in [0, 0.1) is 0 Å². The van der Waals surface area contributed by atoms with E-state index >= 15 is 0 Å². The zero-order valence-corrected chi connectivity index (χ0v) is 15.1. The second-order valence-electron chi connectivity index (χ2n) is 6.23. The second kappa shape index (κ2) is 9.51. The first-order chi connectivity index (χ1) is 13.3. The lowest BCUT2D eigenvalue weighted by Gasteiger charge is -2.21. The number of benzene rings is 1. The van der Waals surface area contributed by atoms with E-state index < -0.39 is 35.8 Å². The van der Waals surface area contributed by atoms with Crippen molar-refractivity contribution in [3.63, 3.8) is 0 Å². The molecule has 0 aliphatic carbocycles. The van der Waals surface area contributed by atoms with Crippen LogP contribution < -0.4 is 27.4 Å². The van der Waals surface area contributed by atoms with Crippen LogP contribution in [0.3, 0.4) is 0 Å². The maximum absolute atomic E-state index is 12.5. The predicted molar refractivity (Wildman–Crippen MR) is 99.8 cm³/mol. The summed E-state index contributed by atoms with van der Waals surface area (Å²) >= 11 is 0. The van der Waals surface area contributed by atoms with E-state index in [4.69, 9.17) is 11.5 Å². The van der Waals surface area contributed by atoms with Crippen LogP contribution in [-0.4, -0.2) is 47.4 Å². The molecule has 7 N–H and O–H groups in total. The van der Waals surface area contributed by atoms with Crippen molar-refractivity contribution >= 4 is 35.0 Å². The number of nitrogens with one attached hydrogen (secondary N) is 2. The Morgan fingerprint density at radius 1 is 1.11 bits per heavy atom. The molecule has 1 aliphatic heterocycles. The van der Waals surface area contributed by atoms with Gasteiger partial charge in [-0.15, -0.1) is 0 Å². The van der Waals surface area contributed by atoms with Gasteiger partial charge in [0.1, 0.15) is 12.1 Å². The zero-order valence-electron chi connectivity index (χ0n) is 15.1. The van der Waals surface area contributed by atoms with Gasteiger partial charge >= 0.3 is 5.97 Å². The number of fused-ring (bicyclic) bond motifs is 1. The molecule has 3 amide bonds. The van der Waals surface area contributed by atoms with Gasteiger partial charge in [-0.25, -0.2) is 4.79 Å². The molecule has 0 aromatic heterocycles. The third-order valence-electron chi connectivity index (χ3n) is 4.16. The highest BCUT2D eigenvalue weighted by atomic mass is 16.4. The van der Waals surface area contributed by atoms with E-state index in [0.717, 1.165) is 11.3 Å². The Morgan fingerprint density at radius 2 is 1.82 bits per heavy atom. The number of nitrogens with two attached hydrogens (primary N) is 2. The molecule has 1 aromatic rings. The Hall–Kier alpha value is -3.40. The molecule has 28 heavy (non-hydrogen) atoms. The van der Waals surface area contributed by atoms with Gasteiger partial charge in [0.25, 0.3) is 0 Å². The molecule has 10 nitrogen and oxygen atoms in total. The number of nitrogens with zero attached hydrogens (tertiary/aromatic N) is 1. The Labute approximate surface area is 161 Å². The predicted octanol–water partition coefficient (Wildman–Crippen LogP) is -1.05. The summed E-state index contributed by atoms with van der Waals surface area (Å²) in [5.74, 6) is -3.23. The maximum Gasteiger partial charge on any atom is 0.326 e. The Morgan fingerprint density at radius 3 is 2.46 bits per heavy atom. The number of carbonyl (C=O) groups is 4. The monoisotopic (exact) mass is 388 g/mol. The number of para-hydroxylation sites is 1. The highest BCUT2D eigenvalue weighted by Crippen LogP contribution is 2.32. The largest absolute Gasteiger partial charge is 0.480 e. The second-order valence-corrected chi connectivity index (χ2v) is 6.23. The average molecular weight is 388 g/mol. The smallest absolute Gasteiger partial charge is 0.326 e. The van der Waals surface area contributed by atoms with E-state index in [1.54, 1.807) is 12.3 Å². The van der Waals surface area contributed by atoms with E-state index in [0.29, 0.717) is 5.57 Å². The van der Waals surface area contributed by atoms with Gasteiger partial charge in [0.2, 0.25) is 17.7 Å². The molecule has 2 rings (SSSR count). The van der Waals surface area contributed by atoms with Crippen molar-refractivity contribution in [2.75, 3.05) is 6.54 Å². The lowest BCUT2D eigenvalue weighted by molar-refractivity contribution is -0.142. The summed E-state index contributed by atoms with van der Waals surface area (Å²) in [6.07, 6.45) is 1.35. The maximum atomic E-state index is 12.5. The molecule has 1 radical (unpaired) electrons. The number of carbonyl (C=O) groups excluding carboxylic acids is 3. The lowest BCUT2D eigenvalue weighted by Crippen LogP contribution is -2.52. The fraction of sp³-hybridized carbons (Fsp3) is 0.333. The van der Waals surface area contributed by atoms with Gasteiger partial charge < -0.3 is 27.2 Å². The van der Waals surface area contributed by atoms with Crippen LogP contribution in [0.5, 0.6) is 0 Å². The topological polar surface area (TPSA) is 179 Å². The number of hydrogen-bond acceptors (Lipinski definition) is 5. The minimum absolute atomic E-state index is 0.00889. The van der Waals surface area contributed by atoms with Crippen molar-refractivity contribution in [3.8, 4) is 0 Å². The molecule has 1 aromatic carbocycles. The van der Waals surface area contributed by atoms with Gasteiger partial charge in [0.15, 0.2) is 0 Å². The molecular weight excluding hydrogens is 366 g/mol. The van der Waals surface area contributed by atoms with Gasteiger partial charge in [-0.3, -0.25) is 19.7 Å². The Balaban J connectivity index is 2.08. The molecule has 0 unspecified atom stereocenters. The zero-order chi connectivity index (χ0) is 20.7. The summed E-state index contributed by atoms with van der Waals surface area (Å²) in [4.78, 5) is 46.7. The van der Waals surface area contributed by atoms with Crippen molar-refractivity contribution in [1.82, 2.24) is 16.0 Å². The summed E-state index contributed by atoms with van der Waals surface area (Å²) in [5, 5.41) is 18.5. The van der Waals surface area contributed by atoms with Gasteiger partial charge in [-0.1, -0.05) is 18.2 Å². The number of carboxylic acid groups (broad SMARTS) is 1. The number of amides is 3. The molecule has 2 atom stereocenters. The Bertz CT molecular complexity index is 807. The van der Waals surface area contributed by atoms with Gasteiger partial charge in [0.05, 0.1) is 12.2 Å². The van der Waals surface area contributed by atoms with E-state index in [1.807, 2.05) is 18.2 Å². The van der Waals surface area contributed by atoms with Crippen LogP contribution in [0.25, 0.3) is 5.57 Å². The summed E-state index contributed by atoms with van der Waals surface area (Å²) in [7, 11) is 0. The van der Waals surface area contributed by atoms with Crippen LogP contribution in [-0.2, 0) is 19.2 Å². The molecule has 1 aliphatic rings. The van der Waals surface area contributed by atoms with Gasteiger partial charge in [-0.05, 0) is 18.1 Å². The fourth-order valence-electron chi connectivity index (χ4n) is 2.74. The van der Waals surface area contributed by atoms with Crippen LogP contribution in [0.15, 0.2) is 30.5 Å². The average Bonchev–Trinajstić information content (AvgIpc) is 3.07. The van der Waals surface area contributed by atoms with Crippen molar-refractivity contribution in [1.29, 1.82) is 0 Å². The van der Waals surface area contributed by atoms with Gasteiger partial charge in [0, 0.05) is 24.6 Å². The molecule has 10 heteroatoms. The normalized spacial score (nSPS) is 14.1. The molecular formula is C18H22N5O5. The molecule has 0 saturated heterocycles. The van der Waals surface area contributed by atoms with E-state index in [9.17, 15) is 24.3 Å². The highest BCUT2D eigenvalue weighted by molar-refractivity contribution is 5.92. The van der Waals surface area contributed by atoms with Crippen LogP contribution in [0.2, 0.25) is 0 Å². The van der Waals surface area contributed by atoms with Crippen molar-refractivity contribution in [3.05, 3.63) is 36.0 Å². The summed E-state index contributed by atoms with van der Waals surface area (Å²) in [6, 6.07) is 4.87. The molecule has 0 saturated carbocycles. The number of carboxylic acids is 1. The molecule has 0 bridgehead atoms. The summed E-state index contributed by atoms with van der Waals surface area (Å²) in [5.41, 5.74) is 12.5. The van der Waals surface area contributed by atoms with Crippen LogP contribution in [0.1, 0.15) is 24.8 Å². The first-order valence-electron chi connectivity index (χ1n) is 8.62. The number of primary amides is 1. The minimum Gasteiger partial charge on any atom is -0.480 e. The van der Waals surface area contributed by atoms with Crippen molar-refractivity contribution in [2.45, 2.75) is 31.3 Å². The van der Waals surface area contributed by atoms with E-state index in [2.05, 4.69) is 16.0 Å².